The highest BCUT2D eigenvalue weighted by molar-refractivity contribution is 6.31. The zero-order valence-electron chi connectivity index (χ0n) is 18.9. The number of fused-ring (bicyclic) bond motifs is 1. The van der Waals surface area contributed by atoms with Crippen molar-refractivity contribution in [3.63, 3.8) is 0 Å². The van der Waals surface area contributed by atoms with Crippen molar-refractivity contribution in [1.29, 1.82) is 0 Å². The molecule has 4 rings (SSSR count). The van der Waals surface area contributed by atoms with Gasteiger partial charge in [0, 0.05) is 10.7 Å². The molecule has 0 saturated carbocycles. The van der Waals surface area contributed by atoms with Crippen LogP contribution in [-0.2, 0) is 11.2 Å². The fourth-order valence-corrected chi connectivity index (χ4v) is 4.46. The number of hydrogen-bond acceptors (Lipinski definition) is 3. The Labute approximate surface area is 194 Å². The van der Waals surface area contributed by atoms with Gasteiger partial charge in [0.25, 0.3) is 0 Å². The number of carbonyl (C=O) groups excluding carboxylic acids is 1. The fraction of sp³-hybridized carbons (Fsp3) is 0.296. The molecule has 1 aliphatic rings. The first-order valence-electron chi connectivity index (χ1n) is 11.0. The van der Waals surface area contributed by atoms with E-state index in [0.29, 0.717) is 29.7 Å². The van der Waals surface area contributed by atoms with Crippen LogP contribution >= 0.6 is 11.6 Å². The summed E-state index contributed by atoms with van der Waals surface area (Å²) in [5, 5.41) is 0.644. The highest BCUT2D eigenvalue weighted by atomic mass is 35.5. The number of anilines is 1. The van der Waals surface area contributed by atoms with Crippen molar-refractivity contribution in [3.05, 3.63) is 87.4 Å². The second kappa shape index (κ2) is 9.25. The summed E-state index contributed by atoms with van der Waals surface area (Å²) < 4.78 is 11.7. The lowest BCUT2D eigenvalue weighted by atomic mass is 9.86. The minimum absolute atomic E-state index is 0.0236. The van der Waals surface area contributed by atoms with E-state index in [9.17, 15) is 4.79 Å². The van der Waals surface area contributed by atoms with E-state index in [1.165, 1.54) is 0 Å². The topological polar surface area (TPSA) is 38.8 Å². The molecule has 4 nitrogen and oxygen atoms in total. The van der Waals surface area contributed by atoms with Crippen molar-refractivity contribution in [3.8, 4) is 11.5 Å². The van der Waals surface area contributed by atoms with E-state index >= 15 is 0 Å². The molecule has 1 aliphatic heterocycles. The lowest BCUT2D eigenvalue weighted by Crippen LogP contribution is -2.41. The van der Waals surface area contributed by atoms with Crippen LogP contribution in [0.2, 0.25) is 5.02 Å². The van der Waals surface area contributed by atoms with E-state index in [4.69, 9.17) is 21.1 Å². The standard InChI is InChI=1S/C27H28ClNO3/c1-5-31-24-13-20-14-26(30)29(21-11-10-18(4)23(28)15-21)27(19-9-7-8-17(3)12-19)22(20)16-25(24)32-6-2/h7-13,15-16,27H,5-6,14H2,1-4H3/t27-/m1/s1. The number of nitrogens with zero attached hydrogens (tertiary/aromatic N) is 1. The van der Waals surface area contributed by atoms with Gasteiger partial charge in [-0.25, -0.2) is 0 Å². The average molecular weight is 450 g/mol. The molecule has 1 amide bonds. The Morgan fingerprint density at radius 3 is 2.34 bits per heavy atom. The molecule has 0 radical (unpaired) electrons. The largest absolute Gasteiger partial charge is 0.490 e. The molecular formula is C27H28ClNO3. The maximum absolute atomic E-state index is 13.5. The van der Waals surface area contributed by atoms with Crippen LogP contribution in [0.4, 0.5) is 5.69 Å². The highest BCUT2D eigenvalue weighted by Gasteiger charge is 2.36. The van der Waals surface area contributed by atoms with E-state index in [1.807, 2.05) is 62.1 Å². The number of benzene rings is 3. The number of carbonyl (C=O) groups is 1. The van der Waals surface area contributed by atoms with Gasteiger partial charge in [-0.3, -0.25) is 4.79 Å². The monoisotopic (exact) mass is 449 g/mol. The summed E-state index contributed by atoms with van der Waals surface area (Å²) in [5.74, 6) is 1.40. The summed E-state index contributed by atoms with van der Waals surface area (Å²) in [4.78, 5) is 15.4. The Morgan fingerprint density at radius 2 is 1.69 bits per heavy atom. The van der Waals surface area contributed by atoms with Crippen LogP contribution in [0.15, 0.2) is 54.6 Å². The summed E-state index contributed by atoms with van der Waals surface area (Å²) >= 11 is 6.45. The van der Waals surface area contributed by atoms with Crippen LogP contribution in [-0.4, -0.2) is 19.1 Å². The number of rotatable bonds is 6. The number of amides is 1. The van der Waals surface area contributed by atoms with Crippen LogP contribution < -0.4 is 14.4 Å². The zero-order valence-corrected chi connectivity index (χ0v) is 19.7. The average Bonchev–Trinajstić information content (AvgIpc) is 2.76. The van der Waals surface area contributed by atoms with Crippen molar-refractivity contribution in [1.82, 2.24) is 0 Å². The number of halogens is 1. The van der Waals surface area contributed by atoms with E-state index in [-0.39, 0.29) is 18.4 Å². The molecule has 0 unspecified atom stereocenters. The molecule has 0 fully saturated rings. The predicted octanol–water partition coefficient (Wildman–Crippen LogP) is 6.43. The van der Waals surface area contributed by atoms with Crippen molar-refractivity contribution in [2.75, 3.05) is 18.1 Å². The van der Waals surface area contributed by atoms with Crippen LogP contribution in [0.25, 0.3) is 0 Å². The van der Waals surface area contributed by atoms with Gasteiger partial charge in [-0.15, -0.1) is 0 Å². The first-order chi connectivity index (χ1) is 15.4. The van der Waals surface area contributed by atoms with Gasteiger partial charge in [0.1, 0.15) is 0 Å². The molecule has 1 atom stereocenters. The number of hydrogen-bond donors (Lipinski definition) is 0. The van der Waals surface area contributed by atoms with Gasteiger partial charge in [0.2, 0.25) is 5.91 Å². The summed E-state index contributed by atoms with van der Waals surface area (Å²) in [6, 6.07) is 17.8. The van der Waals surface area contributed by atoms with Gasteiger partial charge in [0.05, 0.1) is 25.7 Å². The lowest BCUT2D eigenvalue weighted by Gasteiger charge is -2.38. The Hall–Kier alpha value is -2.98. The van der Waals surface area contributed by atoms with E-state index in [0.717, 1.165) is 33.5 Å². The fourth-order valence-electron chi connectivity index (χ4n) is 4.29. The third-order valence-electron chi connectivity index (χ3n) is 5.76. The smallest absolute Gasteiger partial charge is 0.232 e. The normalized spacial score (nSPS) is 15.5. The maximum atomic E-state index is 13.5. The van der Waals surface area contributed by atoms with Crippen molar-refractivity contribution in [2.24, 2.45) is 0 Å². The molecular weight excluding hydrogens is 422 g/mol. The van der Waals surface area contributed by atoms with Gasteiger partial charge < -0.3 is 14.4 Å². The van der Waals surface area contributed by atoms with Crippen molar-refractivity contribution >= 4 is 23.2 Å². The number of ether oxygens (including phenoxy) is 2. The Morgan fingerprint density at radius 1 is 0.969 bits per heavy atom. The van der Waals surface area contributed by atoms with Gasteiger partial charge >= 0.3 is 0 Å². The van der Waals surface area contributed by atoms with Crippen LogP contribution in [0.1, 0.15) is 47.7 Å². The SMILES string of the molecule is CCOc1cc2c(cc1OCC)[C@@H](c1cccc(C)c1)N(c1ccc(C)c(Cl)c1)C(=O)C2. The molecule has 3 aromatic rings. The van der Waals surface area contributed by atoms with E-state index in [1.54, 1.807) is 0 Å². The third-order valence-corrected chi connectivity index (χ3v) is 6.17. The van der Waals surface area contributed by atoms with Crippen LogP contribution in [0.5, 0.6) is 11.5 Å². The minimum Gasteiger partial charge on any atom is -0.490 e. The molecule has 5 heteroatoms. The first-order valence-corrected chi connectivity index (χ1v) is 11.4. The molecule has 0 aromatic heterocycles. The molecule has 1 heterocycles. The Bertz CT molecular complexity index is 1160. The highest BCUT2D eigenvalue weighted by Crippen LogP contribution is 2.44. The molecule has 0 aliphatic carbocycles. The summed E-state index contributed by atoms with van der Waals surface area (Å²) in [7, 11) is 0. The Kier molecular flexibility index (Phi) is 6.43. The van der Waals surface area contributed by atoms with Gasteiger partial charge in [0.15, 0.2) is 11.5 Å². The molecule has 0 bridgehead atoms. The quantitative estimate of drug-likeness (QED) is 0.435. The second-order valence-electron chi connectivity index (χ2n) is 8.05. The van der Waals surface area contributed by atoms with Gasteiger partial charge in [-0.05, 0) is 74.2 Å². The zero-order chi connectivity index (χ0) is 22.8. The molecule has 32 heavy (non-hydrogen) atoms. The first kappa shape index (κ1) is 22.2. The van der Waals surface area contributed by atoms with E-state index < -0.39 is 0 Å². The van der Waals surface area contributed by atoms with Gasteiger partial charge in [-0.2, -0.15) is 0 Å². The summed E-state index contributed by atoms with van der Waals surface area (Å²) in [5.41, 5.74) is 5.95. The summed E-state index contributed by atoms with van der Waals surface area (Å²) in [6.45, 7) is 8.98. The maximum Gasteiger partial charge on any atom is 0.232 e. The second-order valence-corrected chi connectivity index (χ2v) is 8.46. The van der Waals surface area contributed by atoms with Gasteiger partial charge in [-0.1, -0.05) is 47.5 Å². The molecule has 3 aromatic carbocycles. The predicted molar refractivity (Wildman–Crippen MR) is 129 cm³/mol. The third kappa shape index (κ3) is 4.20. The summed E-state index contributed by atoms with van der Waals surface area (Å²) in [6.07, 6.45) is 0.287. The Balaban J connectivity index is 1.94. The lowest BCUT2D eigenvalue weighted by molar-refractivity contribution is -0.118. The number of aryl methyl sites for hydroxylation is 2. The van der Waals surface area contributed by atoms with Crippen molar-refractivity contribution in [2.45, 2.75) is 40.2 Å². The van der Waals surface area contributed by atoms with Crippen molar-refractivity contribution < 1.29 is 14.3 Å². The van der Waals surface area contributed by atoms with E-state index in [2.05, 4.69) is 25.1 Å². The van der Waals surface area contributed by atoms with Crippen LogP contribution in [0.3, 0.4) is 0 Å². The van der Waals surface area contributed by atoms with Crippen LogP contribution in [0, 0.1) is 13.8 Å². The molecule has 0 N–H and O–H groups in total. The molecule has 166 valence electrons. The molecule has 0 spiro atoms. The molecule has 0 saturated heterocycles. The minimum atomic E-state index is -0.292.